The number of ether oxygens (including phenoxy) is 1. The first-order valence-corrected chi connectivity index (χ1v) is 10.4. The Kier molecular flexibility index (Phi) is 7.14. The lowest BCUT2D eigenvalue weighted by molar-refractivity contribution is -0.136. The molecule has 0 fully saturated rings. The zero-order valence-corrected chi connectivity index (χ0v) is 18.9. The van der Waals surface area contributed by atoms with Gasteiger partial charge in [-0.05, 0) is 68.0 Å². The van der Waals surface area contributed by atoms with Crippen molar-refractivity contribution in [2.24, 2.45) is 0 Å². The lowest BCUT2D eigenvalue weighted by atomic mass is 9.95. The molecule has 1 atom stereocenters. The maximum Gasteiger partial charge on any atom is 0.337 e. The van der Waals surface area contributed by atoms with Crippen LogP contribution in [0.1, 0.15) is 25.5 Å². The van der Waals surface area contributed by atoms with Gasteiger partial charge in [0.15, 0.2) is 5.11 Å². The van der Waals surface area contributed by atoms with Crippen molar-refractivity contribution in [3.8, 4) is 0 Å². The van der Waals surface area contributed by atoms with Crippen LogP contribution in [0.15, 0.2) is 59.8 Å². The van der Waals surface area contributed by atoms with Crippen LogP contribution in [0.3, 0.4) is 0 Å². The molecule has 2 aromatic rings. The summed E-state index contributed by atoms with van der Waals surface area (Å²) in [5, 5.41) is 9.86. The summed E-state index contributed by atoms with van der Waals surface area (Å²) in [6.45, 7) is 4.45. The van der Waals surface area contributed by atoms with Crippen molar-refractivity contribution in [1.82, 2.24) is 10.2 Å². The van der Waals surface area contributed by atoms with E-state index in [1.54, 1.807) is 36.4 Å². The predicted octanol–water partition coefficient (Wildman–Crippen LogP) is 4.68. The highest BCUT2D eigenvalue weighted by atomic mass is 35.5. The lowest BCUT2D eigenvalue weighted by Crippen LogP contribution is -2.47. The highest BCUT2D eigenvalue weighted by Gasteiger charge is 2.33. The number of halogens is 1. The summed E-state index contributed by atoms with van der Waals surface area (Å²) in [5.74, 6) is -0.416. The standard InChI is InChI=1S/C22H23ClN4O3S/c1-4-27-13(2)18(20(28)30-3)19(26-22(27)31)14-5-9-16(10-6-14)24-21(29)25-17-11-7-15(23)8-12-17/h5-12,19H,4H2,1-3H3,(H,26,31)(H2,24,25,29). The molecule has 0 bridgehead atoms. The van der Waals surface area contributed by atoms with Gasteiger partial charge in [0.2, 0.25) is 0 Å². The van der Waals surface area contributed by atoms with Gasteiger partial charge < -0.3 is 25.6 Å². The molecule has 1 heterocycles. The van der Waals surface area contributed by atoms with Crippen LogP contribution in [0.4, 0.5) is 16.2 Å². The molecule has 162 valence electrons. The third-order valence-electron chi connectivity index (χ3n) is 4.92. The molecule has 0 spiro atoms. The summed E-state index contributed by atoms with van der Waals surface area (Å²) in [5.41, 5.74) is 3.31. The van der Waals surface area contributed by atoms with Gasteiger partial charge in [-0.15, -0.1) is 0 Å². The summed E-state index contributed by atoms with van der Waals surface area (Å²) in [4.78, 5) is 26.6. The molecule has 2 amide bonds. The second kappa shape index (κ2) is 9.80. The first kappa shape index (κ1) is 22.6. The number of hydrogen-bond acceptors (Lipinski definition) is 4. The minimum atomic E-state index is -0.445. The molecule has 0 aliphatic carbocycles. The van der Waals surface area contributed by atoms with Gasteiger partial charge in [-0.25, -0.2) is 9.59 Å². The number of methoxy groups -OCH3 is 1. The highest BCUT2D eigenvalue weighted by molar-refractivity contribution is 7.80. The number of nitrogens with zero attached hydrogens (tertiary/aromatic N) is 1. The Morgan fingerprint density at radius 2 is 1.65 bits per heavy atom. The average molecular weight is 459 g/mol. The van der Waals surface area contributed by atoms with Crippen molar-refractivity contribution in [2.45, 2.75) is 19.9 Å². The normalized spacial score (nSPS) is 15.9. The summed E-state index contributed by atoms with van der Waals surface area (Å²) < 4.78 is 5.00. The molecule has 7 nitrogen and oxygen atoms in total. The van der Waals surface area contributed by atoms with Gasteiger partial charge >= 0.3 is 12.0 Å². The van der Waals surface area contributed by atoms with Crippen molar-refractivity contribution in [2.75, 3.05) is 24.3 Å². The van der Waals surface area contributed by atoms with Crippen LogP contribution in [0, 0.1) is 0 Å². The molecular formula is C22H23ClN4O3S. The Morgan fingerprint density at radius 3 is 2.16 bits per heavy atom. The summed E-state index contributed by atoms with van der Waals surface area (Å²) in [6, 6.07) is 13.2. The molecule has 3 N–H and O–H groups in total. The van der Waals surface area contributed by atoms with Crippen molar-refractivity contribution < 1.29 is 14.3 Å². The van der Waals surface area contributed by atoms with Gasteiger partial charge in [0.05, 0.1) is 18.7 Å². The van der Waals surface area contributed by atoms with Gasteiger partial charge in [0, 0.05) is 28.6 Å². The summed E-state index contributed by atoms with van der Waals surface area (Å²) in [6.07, 6.45) is 0. The number of allylic oxidation sites excluding steroid dienone is 1. The van der Waals surface area contributed by atoms with E-state index in [0.29, 0.717) is 33.6 Å². The molecular weight excluding hydrogens is 436 g/mol. The fraction of sp³-hybridized carbons (Fsp3) is 0.227. The molecule has 0 saturated heterocycles. The van der Waals surface area contributed by atoms with E-state index >= 15 is 0 Å². The van der Waals surface area contributed by atoms with Gasteiger partial charge in [0.25, 0.3) is 0 Å². The second-order valence-electron chi connectivity index (χ2n) is 6.83. The lowest BCUT2D eigenvalue weighted by Gasteiger charge is -2.36. The first-order valence-electron chi connectivity index (χ1n) is 9.64. The number of esters is 1. The minimum Gasteiger partial charge on any atom is -0.466 e. The van der Waals surface area contributed by atoms with Crippen LogP contribution >= 0.6 is 23.8 Å². The Balaban J connectivity index is 1.77. The van der Waals surface area contributed by atoms with E-state index in [1.807, 2.05) is 30.9 Å². The zero-order chi connectivity index (χ0) is 22.5. The van der Waals surface area contributed by atoms with Crippen LogP contribution in [0.5, 0.6) is 0 Å². The van der Waals surface area contributed by atoms with Gasteiger partial charge in [0.1, 0.15) is 0 Å². The molecule has 31 heavy (non-hydrogen) atoms. The molecule has 1 unspecified atom stereocenters. The van der Waals surface area contributed by atoms with E-state index in [0.717, 1.165) is 11.3 Å². The number of benzene rings is 2. The SMILES string of the molecule is CCN1C(=S)NC(c2ccc(NC(=O)Nc3ccc(Cl)cc3)cc2)C(C(=O)OC)=C1C. The van der Waals surface area contributed by atoms with Crippen LogP contribution in [-0.4, -0.2) is 35.7 Å². The van der Waals surface area contributed by atoms with E-state index < -0.39 is 12.0 Å². The number of carbonyl (C=O) groups is 2. The van der Waals surface area contributed by atoms with Gasteiger partial charge in [-0.2, -0.15) is 0 Å². The Morgan fingerprint density at radius 1 is 1.10 bits per heavy atom. The number of carbonyl (C=O) groups excluding carboxylic acids is 2. The Hall–Kier alpha value is -3.10. The molecule has 2 aromatic carbocycles. The molecule has 3 rings (SSSR count). The van der Waals surface area contributed by atoms with E-state index in [2.05, 4.69) is 16.0 Å². The second-order valence-corrected chi connectivity index (χ2v) is 7.65. The Bertz CT molecular complexity index is 1020. The molecule has 1 aliphatic rings. The largest absolute Gasteiger partial charge is 0.466 e. The number of thiocarbonyl (C=S) groups is 1. The number of anilines is 2. The van der Waals surface area contributed by atoms with E-state index in [-0.39, 0.29) is 6.03 Å². The molecule has 0 saturated carbocycles. The average Bonchev–Trinajstić information content (AvgIpc) is 2.75. The van der Waals surface area contributed by atoms with Gasteiger partial charge in [-0.3, -0.25) is 0 Å². The van der Waals surface area contributed by atoms with Crippen LogP contribution in [0.25, 0.3) is 0 Å². The fourth-order valence-corrected chi connectivity index (χ4v) is 3.88. The molecule has 1 aliphatic heterocycles. The topological polar surface area (TPSA) is 82.7 Å². The van der Waals surface area contributed by atoms with Crippen molar-refractivity contribution >= 4 is 52.3 Å². The Labute approximate surface area is 191 Å². The van der Waals surface area contributed by atoms with Gasteiger partial charge in [-0.1, -0.05) is 23.7 Å². The number of amides is 2. The maximum atomic E-state index is 12.5. The number of urea groups is 1. The van der Waals surface area contributed by atoms with Crippen LogP contribution < -0.4 is 16.0 Å². The van der Waals surface area contributed by atoms with E-state index in [1.165, 1.54) is 7.11 Å². The van der Waals surface area contributed by atoms with E-state index in [4.69, 9.17) is 28.6 Å². The van der Waals surface area contributed by atoms with Crippen LogP contribution in [-0.2, 0) is 9.53 Å². The molecule has 0 radical (unpaired) electrons. The molecule has 0 aromatic heterocycles. The summed E-state index contributed by atoms with van der Waals surface area (Å²) >= 11 is 11.3. The zero-order valence-electron chi connectivity index (χ0n) is 17.4. The maximum absolute atomic E-state index is 12.5. The fourth-order valence-electron chi connectivity index (χ4n) is 3.37. The third kappa shape index (κ3) is 5.15. The highest BCUT2D eigenvalue weighted by Crippen LogP contribution is 2.31. The van der Waals surface area contributed by atoms with Crippen molar-refractivity contribution in [3.63, 3.8) is 0 Å². The first-order chi connectivity index (χ1) is 14.8. The van der Waals surface area contributed by atoms with E-state index in [9.17, 15) is 9.59 Å². The number of rotatable bonds is 5. The van der Waals surface area contributed by atoms with Crippen molar-refractivity contribution in [1.29, 1.82) is 0 Å². The van der Waals surface area contributed by atoms with Crippen LogP contribution in [0.2, 0.25) is 5.02 Å². The predicted molar refractivity (Wildman–Crippen MR) is 126 cm³/mol. The third-order valence-corrected chi connectivity index (χ3v) is 5.51. The number of hydrogen-bond donors (Lipinski definition) is 3. The molecule has 9 heteroatoms. The van der Waals surface area contributed by atoms with Crippen molar-refractivity contribution in [3.05, 3.63) is 70.4 Å². The minimum absolute atomic E-state index is 0.378. The monoisotopic (exact) mass is 458 g/mol. The summed E-state index contributed by atoms with van der Waals surface area (Å²) in [7, 11) is 1.36. The number of nitrogens with one attached hydrogen (secondary N) is 3. The smallest absolute Gasteiger partial charge is 0.337 e. The quantitative estimate of drug-likeness (QED) is 0.445.